The number of aliphatic imine (C=N–C) groups is 1. The third-order valence-corrected chi connectivity index (χ3v) is 2.37. The second-order valence-corrected chi connectivity index (χ2v) is 5.42. The van der Waals surface area contributed by atoms with Crippen LogP contribution in [-0.2, 0) is 11.2 Å². The molecule has 1 aromatic carbocycles. The smallest absolute Gasteiger partial charge is 0.435 e. The first-order valence-corrected chi connectivity index (χ1v) is 6.47. The van der Waals surface area contributed by atoms with Gasteiger partial charge in [0.1, 0.15) is 11.4 Å². The van der Waals surface area contributed by atoms with Gasteiger partial charge in [-0.05, 0) is 39.2 Å². The van der Waals surface area contributed by atoms with E-state index in [1.165, 1.54) is 5.56 Å². The molecule has 0 saturated carbocycles. The van der Waals surface area contributed by atoms with Crippen molar-refractivity contribution in [2.75, 3.05) is 0 Å². The molecule has 0 aliphatic carbocycles. The van der Waals surface area contributed by atoms with Crippen molar-refractivity contribution in [3.05, 3.63) is 35.9 Å². The molecule has 0 aromatic heterocycles. The molecule has 0 bridgehead atoms. The van der Waals surface area contributed by atoms with Crippen LogP contribution in [0.2, 0.25) is 0 Å². The van der Waals surface area contributed by atoms with Crippen LogP contribution in [0, 0.1) is 0 Å². The molecular weight excluding hydrogens is 240 g/mol. The van der Waals surface area contributed by atoms with Crippen LogP contribution in [0.15, 0.2) is 35.3 Å². The second kappa shape index (κ2) is 6.92. The lowest BCUT2D eigenvalue weighted by Crippen LogP contribution is -2.24. The summed E-state index contributed by atoms with van der Waals surface area (Å²) in [4.78, 5) is 15.1. The zero-order valence-electron chi connectivity index (χ0n) is 11.8. The maximum Gasteiger partial charge on any atom is 0.435 e. The maximum absolute atomic E-state index is 11.4. The number of amidine groups is 1. The predicted molar refractivity (Wildman–Crippen MR) is 77.2 cm³/mol. The highest BCUT2D eigenvalue weighted by atomic mass is 16.6. The Bertz CT molecular complexity index is 433. The Balaban J connectivity index is 2.34. The Labute approximate surface area is 114 Å². The Kier molecular flexibility index (Phi) is 5.55. The van der Waals surface area contributed by atoms with Gasteiger partial charge in [0, 0.05) is 6.42 Å². The zero-order chi connectivity index (χ0) is 14.3. The average Bonchev–Trinajstić information content (AvgIpc) is 2.27. The van der Waals surface area contributed by atoms with Gasteiger partial charge in [0.05, 0.1) is 0 Å². The van der Waals surface area contributed by atoms with E-state index < -0.39 is 11.7 Å². The SMILES string of the molecule is CC(C)(C)OC(=O)/N=C(\N)CCCc1ccccc1. The van der Waals surface area contributed by atoms with Crippen LogP contribution in [0.1, 0.15) is 39.2 Å². The molecule has 0 heterocycles. The fraction of sp³-hybridized carbons (Fsp3) is 0.467. The minimum atomic E-state index is -0.621. The summed E-state index contributed by atoms with van der Waals surface area (Å²) in [6, 6.07) is 10.1. The standard InChI is InChI=1S/C15H22N2O2/c1-15(2,3)19-14(18)17-13(16)11-7-10-12-8-5-4-6-9-12/h4-6,8-9H,7,10-11H2,1-3H3,(H2,16,17,18). The van der Waals surface area contributed by atoms with Gasteiger partial charge >= 0.3 is 6.09 Å². The fourth-order valence-electron chi connectivity index (χ4n) is 1.58. The highest BCUT2D eigenvalue weighted by Crippen LogP contribution is 2.09. The quantitative estimate of drug-likeness (QED) is 0.668. The highest BCUT2D eigenvalue weighted by Gasteiger charge is 2.15. The number of rotatable bonds is 4. The van der Waals surface area contributed by atoms with Gasteiger partial charge in [0.25, 0.3) is 0 Å². The van der Waals surface area contributed by atoms with Crippen LogP contribution < -0.4 is 5.73 Å². The van der Waals surface area contributed by atoms with E-state index in [1.54, 1.807) is 20.8 Å². The van der Waals surface area contributed by atoms with Crippen molar-refractivity contribution in [2.45, 2.75) is 45.6 Å². The molecule has 4 nitrogen and oxygen atoms in total. The summed E-state index contributed by atoms with van der Waals surface area (Å²) < 4.78 is 5.07. The lowest BCUT2D eigenvalue weighted by molar-refractivity contribution is 0.0604. The Morgan fingerprint density at radius 3 is 2.47 bits per heavy atom. The van der Waals surface area contributed by atoms with E-state index in [0.717, 1.165) is 12.8 Å². The van der Waals surface area contributed by atoms with Crippen LogP contribution in [0.5, 0.6) is 0 Å². The number of nitrogens with zero attached hydrogens (tertiary/aromatic N) is 1. The first kappa shape index (κ1) is 15.2. The molecule has 2 N–H and O–H groups in total. The van der Waals surface area contributed by atoms with E-state index in [9.17, 15) is 4.79 Å². The van der Waals surface area contributed by atoms with Gasteiger partial charge in [-0.1, -0.05) is 30.3 Å². The minimum absolute atomic E-state index is 0.324. The fourth-order valence-corrected chi connectivity index (χ4v) is 1.58. The van der Waals surface area contributed by atoms with Crippen LogP contribution >= 0.6 is 0 Å². The second-order valence-electron chi connectivity index (χ2n) is 5.42. The van der Waals surface area contributed by atoms with Crippen molar-refractivity contribution in [1.82, 2.24) is 0 Å². The van der Waals surface area contributed by atoms with E-state index in [1.807, 2.05) is 18.2 Å². The van der Waals surface area contributed by atoms with Gasteiger partial charge in [-0.3, -0.25) is 0 Å². The lowest BCUT2D eigenvalue weighted by atomic mass is 10.1. The molecule has 0 spiro atoms. The number of aryl methyl sites for hydroxylation is 1. The minimum Gasteiger partial charge on any atom is -0.442 e. The van der Waals surface area contributed by atoms with Gasteiger partial charge in [-0.25, -0.2) is 4.79 Å². The summed E-state index contributed by atoms with van der Waals surface area (Å²) in [6.07, 6.45) is 1.76. The first-order valence-electron chi connectivity index (χ1n) is 6.47. The molecule has 0 unspecified atom stereocenters. The summed E-state index contributed by atoms with van der Waals surface area (Å²) in [7, 11) is 0. The monoisotopic (exact) mass is 262 g/mol. The van der Waals surface area contributed by atoms with Crippen molar-refractivity contribution < 1.29 is 9.53 Å². The van der Waals surface area contributed by atoms with Gasteiger partial charge < -0.3 is 10.5 Å². The molecule has 0 radical (unpaired) electrons. The van der Waals surface area contributed by atoms with Gasteiger partial charge in [-0.2, -0.15) is 4.99 Å². The van der Waals surface area contributed by atoms with Crippen molar-refractivity contribution in [3.63, 3.8) is 0 Å². The summed E-state index contributed by atoms with van der Waals surface area (Å²) in [5.41, 5.74) is 6.43. The number of ether oxygens (including phenoxy) is 1. The Morgan fingerprint density at radius 2 is 1.89 bits per heavy atom. The maximum atomic E-state index is 11.4. The normalized spacial score (nSPS) is 12.3. The molecule has 1 rings (SSSR count). The molecule has 0 aliphatic rings. The number of benzene rings is 1. The lowest BCUT2D eigenvalue weighted by Gasteiger charge is -2.17. The van der Waals surface area contributed by atoms with Crippen molar-refractivity contribution in [3.8, 4) is 0 Å². The van der Waals surface area contributed by atoms with Crippen LogP contribution in [0.25, 0.3) is 0 Å². The summed E-state index contributed by atoms with van der Waals surface area (Å²) in [5.74, 6) is 0.324. The highest BCUT2D eigenvalue weighted by molar-refractivity contribution is 5.90. The van der Waals surface area contributed by atoms with E-state index in [2.05, 4.69) is 17.1 Å². The van der Waals surface area contributed by atoms with Crippen molar-refractivity contribution in [1.29, 1.82) is 0 Å². The van der Waals surface area contributed by atoms with Crippen molar-refractivity contribution >= 4 is 11.9 Å². The van der Waals surface area contributed by atoms with Crippen molar-refractivity contribution in [2.24, 2.45) is 10.7 Å². The average molecular weight is 262 g/mol. The Morgan fingerprint density at radius 1 is 1.26 bits per heavy atom. The van der Waals surface area contributed by atoms with Crippen LogP contribution in [-0.4, -0.2) is 17.5 Å². The third kappa shape index (κ3) is 7.24. The molecule has 4 heteroatoms. The van der Waals surface area contributed by atoms with Crippen LogP contribution in [0.4, 0.5) is 4.79 Å². The van der Waals surface area contributed by atoms with E-state index in [-0.39, 0.29) is 0 Å². The summed E-state index contributed by atoms with van der Waals surface area (Å²) in [5, 5.41) is 0. The van der Waals surface area contributed by atoms with E-state index >= 15 is 0 Å². The molecule has 0 fully saturated rings. The molecule has 19 heavy (non-hydrogen) atoms. The molecule has 104 valence electrons. The number of carbonyl (C=O) groups is 1. The molecule has 0 atom stereocenters. The zero-order valence-corrected chi connectivity index (χ0v) is 11.8. The van der Waals surface area contributed by atoms with Crippen LogP contribution in [0.3, 0.4) is 0 Å². The van der Waals surface area contributed by atoms with Gasteiger partial charge in [0.2, 0.25) is 0 Å². The molecule has 0 aliphatic heterocycles. The number of nitrogens with two attached hydrogens (primary N) is 1. The Hall–Kier alpha value is -1.84. The topological polar surface area (TPSA) is 64.7 Å². The number of hydrogen-bond donors (Lipinski definition) is 1. The third-order valence-electron chi connectivity index (χ3n) is 2.37. The number of carbonyl (C=O) groups excluding carboxylic acids is 1. The summed E-state index contributed by atoms with van der Waals surface area (Å²) in [6.45, 7) is 5.39. The van der Waals surface area contributed by atoms with Gasteiger partial charge in [-0.15, -0.1) is 0 Å². The largest absolute Gasteiger partial charge is 0.442 e. The molecule has 1 amide bonds. The number of amides is 1. The first-order chi connectivity index (χ1) is 8.87. The van der Waals surface area contributed by atoms with E-state index in [0.29, 0.717) is 12.3 Å². The van der Waals surface area contributed by atoms with E-state index in [4.69, 9.17) is 10.5 Å². The number of hydrogen-bond acceptors (Lipinski definition) is 2. The molecule has 0 saturated heterocycles. The van der Waals surface area contributed by atoms with Gasteiger partial charge in [0.15, 0.2) is 0 Å². The molecular formula is C15H22N2O2. The predicted octanol–water partition coefficient (Wildman–Crippen LogP) is 3.30. The molecule has 1 aromatic rings. The summed E-state index contributed by atoms with van der Waals surface area (Å²) >= 11 is 0.